The van der Waals surface area contributed by atoms with Crippen molar-refractivity contribution in [3.63, 3.8) is 0 Å². The summed E-state index contributed by atoms with van der Waals surface area (Å²) >= 11 is 0. The molecular weight excluding hydrogens is 396 g/mol. The molecule has 1 fully saturated rings. The smallest absolute Gasteiger partial charge is 0.422 e. The average molecular weight is 415 g/mol. The number of nitrogens with one attached hydrogen (secondary N) is 2. The minimum absolute atomic E-state index is 0.0246. The molecule has 0 saturated heterocycles. The molecule has 1 aliphatic carbocycles. The van der Waals surface area contributed by atoms with Gasteiger partial charge in [0.05, 0.1) is 18.1 Å². The zero-order valence-corrected chi connectivity index (χ0v) is 14.5. The van der Waals surface area contributed by atoms with E-state index in [-0.39, 0.29) is 37.3 Å². The molecule has 3 N–H and O–H groups in total. The second-order valence-electron chi connectivity index (χ2n) is 6.49. The minimum atomic E-state index is -4.55. The zero-order valence-electron chi connectivity index (χ0n) is 14.5. The van der Waals surface area contributed by atoms with Crippen molar-refractivity contribution in [3.05, 3.63) is 23.9 Å². The third-order valence-corrected chi connectivity index (χ3v) is 4.38. The SMILES string of the molecule is O=C(NCCC1(C(F)(F)F)CC1)N[C@@H](CO)c1ccnc(OCC(F)(F)F)c1. The van der Waals surface area contributed by atoms with Gasteiger partial charge >= 0.3 is 18.4 Å². The van der Waals surface area contributed by atoms with Crippen molar-refractivity contribution >= 4 is 6.03 Å². The number of ether oxygens (including phenoxy) is 1. The number of urea groups is 1. The molecule has 0 unspecified atom stereocenters. The quantitative estimate of drug-likeness (QED) is 0.570. The first-order valence-electron chi connectivity index (χ1n) is 8.33. The molecule has 6 nitrogen and oxygen atoms in total. The van der Waals surface area contributed by atoms with Crippen LogP contribution in [0.3, 0.4) is 0 Å². The third kappa shape index (κ3) is 6.14. The lowest BCUT2D eigenvalue weighted by Gasteiger charge is -2.21. The molecule has 12 heteroatoms. The van der Waals surface area contributed by atoms with Crippen LogP contribution in [0.25, 0.3) is 0 Å². The van der Waals surface area contributed by atoms with E-state index in [4.69, 9.17) is 0 Å². The molecule has 1 atom stereocenters. The minimum Gasteiger partial charge on any atom is -0.468 e. The average Bonchev–Trinajstić information content (AvgIpc) is 3.38. The van der Waals surface area contributed by atoms with Gasteiger partial charge in [0.15, 0.2) is 6.61 Å². The van der Waals surface area contributed by atoms with Crippen molar-refractivity contribution in [2.24, 2.45) is 5.41 Å². The number of halogens is 6. The fourth-order valence-corrected chi connectivity index (χ4v) is 2.56. The Kier molecular flexibility index (Phi) is 6.63. The number of carbonyl (C=O) groups excluding carboxylic acids is 1. The summed E-state index contributed by atoms with van der Waals surface area (Å²) in [6, 6.07) is 0.653. The van der Waals surface area contributed by atoms with Crippen LogP contribution < -0.4 is 15.4 Å². The van der Waals surface area contributed by atoms with Gasteiger partial charge < -0.3 is 20.5 Å². The molecule has 1 aliphatic rings. The molecule has 1 heterocycles. The van der Waals surface area contributed by atoms with Crippen LogP contribution >= 0.6 is 0 Å². The van der Waals surface area contributed by atoms with Crippen molar-refractivity contribution < 1.29 is 41.0 Å². The fraction of sp³-hybridized carbons (Fsp3) is 0.625. The summed E-state index contributed by atoms with van der Waals surface area (Å²) in [5.74, 6) is -0.351. The highest BCUT2D eigenvalue weighted by Gasteiger charge is 2.62. The number of hydrogen-bond donors (Lipinski definition) is 3. The number of hydrogen-bond acceptors (Lipinski definition) is 4. The number of aliphatic hydroxyl groups excluding tert-OH is 1. The van der Waals surface area contributed by atoms with E-state index in [0.29, 0.717) is 0 Å². The van der Waals surface area contributed by atoms with Gasteiger partial charge in [-0.1, -0.05) is 0 Å². The highest BCUT2D eigenvalue weighted by Crippen LogP contribution is 2.59. The first kappa shape index (κ1) is 22.1. The predicted molar refractivity (Wildman–Crippen MR) is 84.5 cm³/mol. The Balaban J connectivity index is 1.87. The molecular formula is C16H19F6N3O3. The Morgan fingerprint density at radius 2 is 1.96 bits per heavy atom. The van der Waals surface area contributed by atoms with Gasteiger partial charge in [-0.05, 0) is 30.9 Å². The van der Waals surface area contributed by atoms with Crippen LogP contribution in [-0.4, -0.2) is 48.2 Å². The monoisotopic (exact) mass is 415 g/mol. The topological polar surface area (TPSA) is 83.5 Å². The van der Waals surface area contributed by atoms with Gasteiger partial charge in [-0.15, -0.1) is 0 Å². The van der Waals surface area contributed by atoms with E-state index in [0.717, 1.165) is 12.3 Å². The van der Waals surface area contributed by atoms with E-state index in [1.807, 2.05) is 0 Å². The van der Waals surface area contributed by atoms with Crippen LogP contribution in [0.1, 0.15) is 30.9 Å². The summed E-state index contributed by atoms with van der Waals surface area (Å²) in [6.45, 7) is -2.36. The third-order valence-electron chi connectivity index (χ3n) is 4.38. The summed E-state index contributed by atoms with van der Waals surface area (Å²) < 4.78 is 79.6. The summed E-state index contributed by atoms with van der Waals surface area (Å²) in [5, 5.41) is 14.0. The Morgan fingerprint density at radius 3 is 2.50 bits per heavy atom. The van der Waals surface area contributed by atoms with E-state index in [1.165, 1.54) is 6.07 Å². The van der Waals surface area contributed by atoms with E-state index in [9.17, 15) is 36.2 Å². The van der Waals surface area contributed by atoms with E-state index >= 15 is 0 Å². The van der Waals surface area contributed by atoms with Crippen molar-refractivity contribution in [2.45, 2.75) is 37.7 Å². The Hall–Kier alpha value is -2.24. The van der Waals surface area contributed by atoms with Crippen LogP contribution in [0.4, 0.5) is 31.1 Å². The first-order valence-corrected chi connectivity index (χ1v) is 8.33. The molecule has 0 radical (unpaired) electrons. The maximum Gasteiger partial charge on any atom is 0.422 e. The predicted octanol–water partition coefficient (Wildman–Crippen LogP) is 3.09. The van der Waals surface area contributed by atoms with Crippen molar-refractivity contribution in [1.82, 2.24) is 15.6 Å². The van der Waals surface area contributed by atoms with Crippen LogP contribution in [-0.2, 0) is 0 Å². The number of rotatable bonds is 8. The number of aliphatic hydroxyl groups is 1. The molecule has 1 aromatic rings. The number of pyridine rings is 1. The van der Waals surface area contributed by atoms with Crippen LogP contribution in [0.15, 0.2) is 18.3 Å². The van der Waals surface area contributed by atoms with Crippen molar-refractivity contribution in [3.8, 4) is 5.88 Å². The van der Waals surface area contributed by atoms with Crippen LogP contribution in [0.5, 0.6) is 5.88 Å². The summed E-state index contributed by atoms with van der Waals surface area (Å²) in [4.78, 5) is 15.5. The zero-order chi connectivity index (χ0) is 21.0. The standard InChI is InChI=1S/C16H19F6N3O3/c17-15(18,19)9-28-12-7-10(1-5-23-12)11(8-26)25-13(27)24-6-4-14(2-3-14)16(20,21)22/h1,5,7,11,26H,2-4,6,8-9H2,(H2,24,25,27)/t11-/m0/s1. The lowest BCUT2D eigenvalue weighted by molar-refractivity contribution is -0.188. The largest absolute Gasteiger partial charge is 0.468 e. The summed E-state index contributed by atoms with van der Waals surface area (Å²) in [7, 11) is 0. The Morgan fingerprint density at radius 1 is 1.29 bits per heavy atom. The van der Waals surface area contributed by atoms with Gasteiger partial charge in [0.2, 0.25) is 5.88 Å². The highest BCUT2D eigenvalue weighted by molar-refractivity contribution is 5.74. The molecule has 0 bridgehead atoms. The van der Waals surface area contributed by atoms with E-state index in [2.05, 4.69) is 20.4 Å². The van der Waals surface area contributed by atoms with Gasteiger partial charge in [0.25, 0.3) is 0 Å². The molecule has 2 rings (SSSR count). The van der Waals surface area contributed by atoms with E-state index < -0.39 is 43.1 Å². The fourth-order valence-electron chi connectivity index (χ4n) is 2.56. The van der Waals surface area contributed by atoms with Gasteiger partial charge in [-0.3, -0.25) is 0 Å². The van der Waals surface area contributed by atoms with Gasteiger partial charge in [0, 0.05) is 18.8 Å². The lowest BCUT2D eigenvalue weighted by atomic mass is 10.0. The summed E-state index contributed by atoms with van der Waals surface area (Å²) in [6.07, 6.45) is -7.93. The second kappa shape index (κ2) is 8.41. The van der Waals surface area contributed by atoms with Crippen molar-refractivity contribution in [1.29, 1.82) is 0 Å². The molecule has 28 heavy (non-hydrogen) atoms. The van der Waals surface area contributed by atoms with Crippen LogP contribution in [0.2, 0.25) is 0 Å². The number of amides is 2. The summed E-state index contributed by atoms with van der Waals surface area (Å²) in [5.41, 5.74) is -1.52. The lowest BCUT2D eigenvalue weighted by Crippen LogP contribution is -2.41. The van der Waals surface area contributed by atoms with Gasteiger partial charge in [-0.25, -0.2) is 9.78 Å². The number of carbonyl (C=O) groups is 1. The van der Waals surface area contributed by atoms with Crippen LogP contribution in [0, 0.1) is 5.41 Å². The van der Waals surface area contributed by atoms with Gasteiger partial charge in [-0.2, -0.15) is 26.3 Å². The Bertz CT molecular complexity index is 676. The molecule has 0 aliphatic heterocycles. The second-order valence-corrected chi connectivity index (χ2v) is 6.49. The highest BCUT2D eigenvalue weighted by atomic mass is 19.4. The van der Waals surface area contributed by atoms with Gasteiger partial charge in [0.1, 0.15) is 0 Å². The first-order chi connectivity index (χ1) is 13.0. The number of aromatic nitrogens is 1. The van der Waals surface area contributed by atoms with E-state index in [1.54, 1.807) is 0 Å². The molecule has 158 valence electrons. The molecule has 2 amide bonds. The molecule has 1 saturated carbocycles. The number of alkyl halides is 6. The maximum atomic E-state index is 12.8. The maximum absolute atomic E-state index is 12.8. The number of nitrogens with zero attached hydrogens (tertiary/aromatic N) is 1. The molecule has 0 aromatic carbocycles. The molecule has 0 spiro atoms. The molecule has 1 aromatic heterocycles. The van der Waals surface area contributed by atoms with Crippen molar-refractivity contribution in [2.75, 3.05) is 19.8 Å². The Labute approximate surface area is 156 Å². The normalized spacial score (nSPS) is 17.0.